The lowest BCUT2D eigenvalue weighted by molar-refractivity contribution is 0.0454. The van der Waals surface area contributed by atoms with Gasteiger partial charge in [0.1, 0.15) is 0 Å². The number of nitrogens with zero attached hydrogens (tertiary/aromatic N) is 1. The van der Waals surface area contributed by atoms with Gasteiger partial charge in [-0.2, -0.15) is 4.98 Å². The fourth-order valence-electron chi connectivity index (χ4n) is 0.730. The fourth-order valence-corrected chi connectivity index (χ4v) is 0.730. The van der Waals surface area contributed by atoms with E-state index in [1.807, 2.05) is 6.92 Å². The summed E-state index contributed by atoms with van der Waals surface area (Å²) in [5, 5.41) is 8.76. The molecule has 1 aromatic rings. The van der Waals surface area contributed by atoms with Gasteiger partial charge in [-0.1, -0.05) is 13.3 Å². The maximum Gasteiger partial charge on any atom is 0.394 e. The molecule has 0 bridgehead atoms. The highest BCUT2D eigenvalue weighted by atomic mass is 16.5. The number of carbonyl (C=O) groups excluding carboxylic acids is 1. The zero-order chi connectivity index (χ0) is 9.68. The predicted molar refractivity (Wildman–Crippen MR) is 43.4 cm³/mol. The van der Waals surface area contributed by atoms with Gasteiger partial charge < -0.3 is 14.3 Å². The van der Waals surface area contributed by atoms with Crippen LogP contribution in [-0.4, -0.2) is 22.7 Å². The summed E-state index contributed by atoms with van der Waals surface area (Å²) in [6.07, 6.45) is 2.74. The molecule has 0 spiro atoms. The lowest BCUT2D eigenvalue weighted by atomic mass is 10.4. The number of ether oxygens (including phenoxy) is 1. The van der Waals surface area contributed by atoms with E-state index in [-0.39, 0.29) is 11.8 Å². The van der Waals surface area contributed by atoms with Crippen molar-refractivity contribution in [1.82, 2.24) is 4.98 Å². The average molecular weight is 185 g/mol. The second-order valence-corrected chi connectivity index (χ2v) is 2.50. The normalized spacial score (nSPS) is 9.92. The lowest BCUT2D eigenvalue weighted by Crippen LogP contribution is -2.06. The van der Waals surface area contributed by atoms with Crippen LogP contribution in [0.15, 0.2) is 10.7 Å². The van der Waals surface area contributed by atoms with Crippen LogP contribution in [0.1, 0.15) is 30.5 Å². The number of aromatic hydroxyl groups is 1. The van der Waals surface area contributed by atoms with Crippen molar-refractivity contribution in [2.24, 2.45) is 0 Å². The minimum absolute atomic E-state index is 0.214. The molecule has 0 aromatic carbocycles. The topological polar surface area (TPSA) is 72.6 Å². The van der Waals surface area contributed by atoms with Crippen LogP contribution >= 0.6 is 0 Å². The molecule has 0 fully saturated rings. The Balaban J connectivity index is 2.40. The molecule has 0 radical (unpaired) electrons. The minimum atomic E-state index is -0.645. The third-order valence-electron chi connectivity index (χ3n) is 1.40. The Hall–Kier alpha value is -1.52. The number of hydrogen-bond acceptors (Lipinski definition) is 5. The van der Waals surface area contributed by atoms with Crippen molar-refractivity contribution in [3.8, 4) is 5.88 Å². The molecule has 0 saturated carbocycles. The molecule has 1 heterocycles. The Bertz CT molecular complexity index is 281. The molecule has 0 aliphatic heterocycles. The number of aromatic nitrogens is 1. The van der Waals surface area contributed by atoms with Gasteiger partial charge in [-0.15, -0.1) is 0 Å². The summed E-state index contributed by atoms with van der Waals surface area (Å²) in [4.78, 5) is 14.4. The van der Waals surface area contributed by atoms with Gasteiger partial charge >= 0.3 is 11.9 Å². The highest BCUT2D eigenvalue weighted by Crippen LogP contribution is 2.08. The number of esters is 1. The molecule has 0 amide bonds. The zero-order valence-electron chi connectivity index (χ0n) is 7.32. The van der Waals surface area contributed by atoms with Crippen LogP contribution in [0.4, 0.5) is 0 Å². The molecule has 1 aromatic heterocycles. The Morgan fingerprint density at radius 2 is 2.54 bits per heavy atom. The maximum atomic E-state index is 11.0. The summed E-state index contributed by atoms with van der Waals surface area (Å²) in [5.74, 6) is -1.18. The van der Waals surface area contributed by atoms with Crippen molar-refractivity contribution in [1.29, 1.82) is 0 Å². The van der Waals surface area contributed by atoms with E-state index in [9.17, 15) is 4.79 Å². The molecule has 0 saturated heterocycles. The van der Waals surface area contributed by atoms with Crippen molar-refractivity contribution in [3.05, 3.63) is 12.2 Å². The highest BCUT2D eigenvalue weighted by Gasteiger charge is 2.13. The van der Waals surface area contributed by atoms with Gasteiger partial charge in [0.05, 0.1) is 6.61 Å². The SMILES string of the molecule is CCCCOC(=O)c1nc(O)co1. The summed E-state index contributed by atoms with van der Waals surface area (Å²) < 4.78 is 9.40. The molecule has 0 unspecified atom stereocenters. The van der Waals surface area contributed by atoms with Crippen LogP contribution < -0.4 is 0 Å². The van der Waals surface area contributed by atoms with Gasteiger partial charge in [-0.3, -0.25) is 0 Å². The first-order valence-corrected chi connectivity index (χ1v) is 4.05. The molecule has 72 valence electrons. The third-order valence-corrected chi connectivity index (χ3v) is 1.40. The number of rotatable bonds is 4. The summed E-state index contributed by atoms with van der Waals surface area (Å²) in [6, 6.07) is 0. The first-order valence-electron chi connectivity index (χ1n) is 4.05. The zero-order valence-corrected chi connectivity index (χ0v) is 7.32. The lowest BCUT2D eigenvalue weighted by Gasteiger charge is -1.98. The second-order valence-electron chi connectivity index (χ2n) is 2.50. The minimum Gasteiger partial charge on any atom is -0.491 e. The number of unbranched alkanes of at least 4 members (excludes halogenated alkanes) is 1. The Morgan fingerprint density at radius 3 is 3.08 bits per heavy atom. The van der Waals surface area contributed by atoms with Gasteiger partial charge in [-0.05, 0) is 6.42 Å². The van der Waals surface area contributed by atoms with Gasteiger partial charge in [0.25, 0.3) is 5.88 Å². The number of oxazole rings is 1. The van der Waals surface area contributed by atoms with Crippen molar-refractivity contribution in [2.45, 2.75) is 19.8 Å². The van der Waals surface area contributed by atoms with E-state index >= 15 is 0 Å². The van der Waals surface area contributed by atoms with E-state index in [1.165, 1.54) is 0 Å². The molecule has 13 heavy (non-hydrogen) atoms. The number of carbonyl (C=O) groups is 1. The summed E-state index contributed by atoms with van der Waals surface area (Å²) in [7, 11) is 0. The molecule has 1 rings (SSSR count). The van der Waals surface area contributed by atoms with Crippen LogP contribution in [0.2, 0.25) is 0 Å². The summed E-state index contributed by atoms with van der Waals surface area (Å²) in [5.41, 5.74) is 0. The molecule has 0 aliphatic carbocycles. The van der Waals surface area contributed by atoms with Crippen molar-refractivity contribution in [2.75, 3.05) is 6.61 Å². The summed E-state index contributed by atoms with van der Waals surface area (Å²) >= 11 is 0. The third kappa shape index (κ3) is 2.77. The Labute approximate surface area is 75.3 Å². The first-order chi connectivity index (χ1) is 6.24. The van der Waals surface area contributed by atoms with E-state index in [2.05, 4.69) is 9.40 Å². The van der Waals surface area contributed by atoms with E-state index in [0.717, 1.165) is 19.1 Å². The summed E-state index contributed by atoms with van der Waals surface area (Å²) in [6.45, 7) is 2.34. The smallest absolute Gasteiger partial charge is 0.394 e. The van der Waals surface area contributed by atoms with Crippen LogP contribution in [0, 0.1) is 0 Å². The number of hydrogen-bond donors (Lipinski definition) is 1. The van der Waals surface area contributed by atoms with Crippen molar-refractivity contribution >= 4 is 5.97 Å². The van der Waals surface area contributed by atoms with E-state index in [1.54, 1.807) is 0 Å². The van der Waals surface area contributed by atoms with Crippen LogP contribution in [-0.2, 0) is 4.74 Å². The standard InChI is InChI=1S/C8H11NO4/c1-2-3-4-12-8(11)7-9-6(10)5-13-7/h5,10H,2-4H2,1H3. The van der Waals surface area contributed by atoms with Gasteiger partial charge in [0.15, 0.2) is 6.26 Å². The Kier molecular flexibility index (Phi) is 3.31. The molecule has 5 nitrogen and oxygen atoms in total. The van der Waals surface area contributed by atoms with Crippen molar-refractivity contribution in [3.63, 3.8) is 0 Å². The van der Waals surface area contributed by atoms with Crippen LogP contribution in [0.5, 0.6) is 5.88 Å². The average Bonchev–Trinajstić information content (AvgIpc) is 2.52. The van der Waals surface area contributed by atoms with Crippen LogP contribution in [0.25, 0.3) is 0 Å². The molecule has 0 aliphatic rings. The molecular formula is C8H11NO4. The second kappa shape index (κ2) is 4.49. The first kappa shape index (κ1) is 9.57. The van der Waals surface area contributed by atoms with Gasteiger partial charge in [0, 0.05) is 0 Å². The van der Waals surface area contributed by atoms with E-state index < -0.39 is 5.97 Å². The molecule has 5 heteroatoms. The fraction of sp³-hybridized carbons (Fsp3) is 0.500. The largest absolute Gasteiger partial charge is 0.491 e. The van der Waals surface area contributed by atoms with Gasteiger partial charge in [0.2, 0.25) is 0 Å². The Morgan fingerprint density at radius 1 is 1.77 bits per heavy atom. The van der Waals surface area contributed by atoms with Crippen LogP contribution in [0.3, 0.4) is 0 Å². The van der Waals surface area contributed by atoms with E-state index in [0.29, 0.717) is 6.61 Å². The van der Waals surface area contributed by atoms with Crippen molar-refractivity contribution < 1.29 is 19.1 Å². The quantitative estimate of drug-likeness (QED) is 0.566. The monoisotopic (exact) mass is 185 g/mol. The molecule has 1 N–H and O–H groups in total. The van der Waals surface area contributed by atoms with Gasteiger partial charge in [-0.25, -0.2) is 4.79 Å². The highest BCUT2D eigenvalue weighted by molar-refractivity contribution is 5.84. The maximum absolute atomic E-state index is 11.0. The van der Waals surface area contributed by atoms with E-state index in [4.69, 9.17) is 9.84 Å². The molecular weight excluding hydrogens is 174 g/mol. The predicted octanol–water partition coefficient (Wildman–Crippen LogP) is 1.34. The molecule has 0 atom stereocenters.